The van der Waals surface area contributed by atoms with Crippen LogP contribution in [-0.2, 0) is 19.7 Å². The van der Waals surface area contributed by atoms with Gasteiger partial charge in [-0.1, -0.05) is 6.92 Å². The van der Waals surface area contributed by atoms with E-state index in [1.165, 1.54) is 0 Å². The van der Waals surface area contributed by atoms with Crippen molar-refractivity contribution >= 4 is 22.3 Å². The molecule has 20 heavy (non-hydrogen) atoms. The molecule has 0 unspecified atom stereocenters. The Labute approximate surface area is 118 Å². The lowest BCUT2D eigenvalue weighted by molar-refractivity contribution is -0.151. The summed E-state index contributed by atoms with van der Waals surface area (Å²) >= 11 is 0. The number of piperidine rings is 1. The van der Waals surface area contributed by atoms with Crippen LogP contribution in [0.15, 0.2) is 0 Å². The van der Waals surface area contributed by atoms with Crippen LogP contribution in [0, 0.1) is 5.41 Å². The van der Waals surface area contributed by atoms with Crippen molar-refractivity contribution in [2.24, 2.45) is 5.41 Å². The first-order chi connectivity index (χ1) is 9.27. The average Bonchev–Trinajstić information content (AvgIpc) is 2.38. The Hall–Kier alpha value is -1.35. The van der Waals surface area contributed by atoms with Gasteiger partial charge >= 0.3 is 22.3 Å². The van der Waals surface area contributed by atoms with Crippen molar-refractivity contribution in [3.63, 3.8) is 0 Å². The number of carbonyl (C=O) groups is 2. The first kappa shape index (κ1) is 16.7. The van der Waals surface area contributed by atoms with Gasteiger partial charge in [0, 0.05) is 13.1 Å². The lowest BCUT2D eigenvalue weighted by atomic mass is 9.77. The minimum absolute atomic E-state index is 0.0644. The summed E-state index contributed by atoms with van der Waals surface area (Å²) in [7, 11) is -3.97. The van der Waals surface area contributed by atoms with Gasteiger partial charge in [0.25, 0.3) is 0 Å². The molecule has 2 N–H and O–H groups in total. The number of hydrogen-bond acceptors (Lipinski definition) is 5. The van der Waals surface area contributed by atoms with E-state index < -0.39 is 27.7 Å². The molecule has 1 heterocycles. The lowest BCUT2D eigenvalue weighted by Gasteiger charge is -2.37. The molecule has 1 amide bonds. The first-order valence-corrected chi connectivity index (χ1v) is 7.89. The maximum Gasteiger partial charge on any atom is 0.421 e. The highest BCUT2D eigenvalue weighted by Gasteiger charge is 2.42. The molecule has 0 radical (unpaired) electrons. The normalized spacial score (nSPS) is 19.3. The summed E-state index contributed by atoms with van der Waals surface area (Å²) in [6.45, 7) is 3.54. The number of carboxylic acids is 1. The third-order valence-corrected chi connectivity index (χ3v) is 5.11. The monoisotopic (exact) mass is 308 g/mol. The van der Waals surface area contributed by atoms with Crippen molar-refractivity contribution in [2.45, 2.75) is 33.1 Å². The van der Waals surface area contributed by atoms with E-state index in [9.17, 15) is 23.1 Å². The second-order valence-electron chi connectivity index (χ2n) is 4.67. The van der Waals surface area contributed by atoms with Gasteiger partial charge in [0.1, 0.15) is 0 Å². The fourth-order valence-corrected chi connectivity index (χ4v) is 3.27. The minimum Gasteiger partial charge on any atom is -0.481 e. The number of nitrogens with zero attached hydrogens (tertiary/aromatic N) is 1. The topological polar surface area (TPSA) is 113 Å². The summed E-state index contributed by atoms with van der Waals surface area (Å²) in [5.74, 6) is -0.907. The number of hydrogen-bond donors (Lipinski definition) is 2. The fraction of sp³-hybridized carbons (Fsp3) is 0.818. The van der Waals surface area contributed by atoms with Crippen molar-refractivity contribution in [1.82, 2.24) is 9.03 Å². The maximum absolute atomic E-state index is 11.9. The Bertz CT molecular complexity index is 467. The maximum atomic E-state index is 11.9. The van der Waals surface area contributed by atoms with E-state index in [1.807, 2.05) is 0 Å². The molecule has 1 fully saturated rings. The molecule has 0 aliphatic carbocycles. The third-order valence-electron chi connectivity index (χ3n) is 3.64. The number of carbonyl (C=O) groups excluding carboxylic acids is 1. The van der Waals surface area contributed by atoms with E-state index in [0.29, 0.717) is 6.42 Å². The molecule has 0 aromatic rings. The summed E-state index contributed by atoms with van der Waals surface area (Å²) in [6.07, 6.45) is -0.134. The van der Waals surface area contributed by atoms with Crippen molar-refractivity contribution < 1.29 is 27.9 Å². The van der Waals surface area contributed by atoms with Crippen LogP contribution in [0.4, 0.5) is 4.79 Å². The molecule has 1 saturated heterocycles. The molecular formula is C11H20N2O6S. The van der Waals surface area contributed by atoms with Crippen LogP contribution in [0.3, 0.4) is 0 Å². The number of amides is 1. The molecule has 0 spiro atoms. The summed E-state index contributed by atoms with van der Waals surface area (Å²) < 4.78 is 31.2. The van der Waals surface area contributed by atoms with E-state index in [2.05, 4.69) is 4.74 Å². The molecule has 1 aliphatic heterocycles. The van der Waals surface area contributed by atoms with Gasteiger partial charge in [-0.2, -0.15) is 12.7 Å². The standard InChI is InChI=1S/C11H20N2O6S/c1-3-11(9(14)15)5-7-13(8-6-11)20(17,18)12-10(16)19-4-2/h3-8H2,1-2H3,(H,12,16)(H,14,15). The fourth-order valence-electron chi connectivity index (χ4n) is 2.20. The highest BCUT2D eigenvalue weighted by Crippen LogP contribution is 2.35. The van der Waals surface area contributed by atoms with Crippen LogP contribution < -0.4 is 4.72 Å². The number of aliphatic carboxylic acids is 1. The zero-order chi connectivity index (χ0) is 15.4. The van der Waals surface area contributed by atoms with Crippen molar-refractivity contribution in [3.8, 4) is 0 Å². The summed E-state index contributed by atoms with van der Waals surface area (Å²) in [6, 6.07) is 0. The van der Waals surface area contributed by atoms with E-state index in [0.717, 1.165) is 4.31 Å². The Kier molecular flexibility index (Phi) is 5.35. The second-order valence-corrected chi connectivity index (χ2v) is 6.34. The zero-order valence-electron chi connectivity index (χ0n) is 11.6. The molecule has 1 rings (SSSR count). The quantitative estimate of drug-likeness (QED) is 0.767. The number of carboxylic acid groups (broad SMARTS) is 1. The lowest BCUT2D eigenvalue weighted by Crippen LogP contribution is -2.50. The van der Waals surface area contributed by atoms with Gasteiger partial charge in [0.15, 0.2) is 0 Å². The molecule has 116 valence electrons. The van der Waals surface area contributed by atoms with Crippen LogP contribution in [-0.4, -0.2) is 49.6 Å². The van der Waals surface area contributed by atoms with Gasteiger partial charge < -0.3 is 9.84 Å². The largest absolute Gasteiger partial charge is 0.481 e. The van der Waals surface area contributed by atoms with Crippen molar-refractivity contribution in [2.75, 3.05) is 19.7 Å². The molecule has 0 bridgehead atoms. The van der Waals surface area contributed by atoms with Gasteiger partial charge in [-0.15, -0.1) is 0 Å². The summed E-state index contributed by atoms with van der Waals surface area (Å²) in [5.41, 5.74) is -0.879. The van der Waals surface area contributed by atoms with Crippen molar-refractivity contribution in [3.05, 3.63) is 0 Å². The smallest absolute Gasteiger partial charge is 0.421 e. The van der Waals surface area contributed by atoms with Gasteiger partial charge in [-0.25, -0.2) is 9.52 Å². The van der Waals surface area contributed by atoms with Crippen LogP contribution >= 0.6 is 0 Å². The number of rotatable bonds is 5. The Balaban J connectivity index is 2.69. The summed E-state index contributed by atoms with van der Waals surface area (Å²) in [4.78, 5) is 22.4. The Morgan fingerprint density at radius 1 is 1.30 bits per heavy atom. The van der Waals surface area contributed by atoms with Crippen LogP contribution in [0.5, 0.6) is 0 Å². The van der Waals surface area contributed by atoms with Crippen LogP contribution in [0.1, 0.15) is 33.1 Å². The molecule has 0 atom stereocenters. The van der Waals surface area contributed by atoms with E-state index in [1.54, 1.807) is 18.6 Å². The molecule has 0 aromatic carbocycles. The molecule has 8 nitrogen and oxygen atoms in total. The SMILES string of the molecule is CCOC(=O)NS(=O)(=O)N1CCC(CC)(C(=O)O)CC1. The van der Waals surface area contributed by atoms with Gasteiger partial charge in [0.2, 0.25) is 0 Å². The van der Waals surface area contributed by atoms with E-state index in [4.69, 9.17) is 0 Å². The van der Waals surface area contributed by atoms with Gasteiger partial charge in [-0.3, -0.25) is 4.79 Å². The van der Waals surface area contributed by atoms with Crippen molar-refractivity contribution in [1.29, 1.82) is 0 Å². The predicted molar refractivity (Wildman–Crippen MR) is 70.2 cm³/mol. The van der Waals surface area contributed by atoms with Crippen LogP contribution in [0.2, 0.25) is 0 Å². The average molecular weight is 308 g/mol. The van der Waals surface area contributed by atoms with E-state index in [-0.39, 0.29) is 32.5 Å². The third kappa shape index (κ3) is 3.60. The number of ether oxygens (including phenoxy) is 1. The molecule has 0 aromatic heterocycles. The Morgan fingerprint density at radius 2 is 1.85 bits per heavy atom. The van der Waals surface area contributed by atoms with Crippen LogP contribution in [0.25, 0.3) is 0 Å². The predicted octanol–water partition coefficient (Wildman–Crippen LogP) is 0.554. The second kappa shape index (κ2) is 6.40. The van der Waals surface area contributed by atoms with E-state index >= 15 is 0 Å². The zero-order valence-corrected chi connectivity index (χ0v) is 12.4. The molecular weight excluding hydrogens is 288 g/mol. The van der Waals surface area contributed by atoms with Gasteiger partial charge in [-0.05, 0) is 26.2 Å². The van der Waals surface area contributed by atoms with Gasteiger partial charge in [0.05, 0.1) is 12.0 Å². The summed E-state index contributed by atoms with van der Waals surface area (Å²) in [5, 5.41) is 9.24. The minimum atomic E-state index is -3.97. The first-order valence-electron chi connectivity index (χ1n) is 6.45. The number of nitrogens with one attached hydrogen (secondary N) is 1. The molecule has 0 saturated carbocycles. The highest BCUT2D eigenvalue weighted by molar-refractivity contribution is 7.87. The highest BCUT2D eigenvalue weighted by atomic mass is 32.2. The molecule has 9 heteroatoms. The Morgan fingerprint density at radius 3 is 2.25 bits per heavy atom. The molecule has 1 aliphatic rings.